The molecule has 0 unspecified atom stereocenters. The van der Waals surface area contributed by atoms with Crippen LogP contribution in [0.4, 0.5) is 11.4 Å². The molecule has 0 saturated carbocycles. The minimum Gasteiger partial charge on any atom is -0.324 e. The Kier molecular flexibility index (Phi) is 5.30. The van der Waals surface area contributed by atoms with Gasteiger partial charge in [-0.1, -0.05) is 42.5 Å². The number of nitrogens with one attached hydrogen (secondary N) is 1. The summed E-state index contributed by atoms with van der Waals surface area (Å²) in [6, 6.07) is 16.6. The Morgan fingerprint density at radius 2 is 1.85 bits per heavy atom. The average molecular weight is 459 g/mol. The minimum atomic E-state index is -0.350. The summed E-state index contributed by atoms with van der Waals surface area (Å²) < 4.78 is 1.36. The summed E-state index contributed by atoms with van der Waals surface area (Å²) in [6.07, 6.45) is 1.61. The lowest BCUT2D eigenvalue weighted by Crippen LogP contribution is -2.42. The Morgan fingerprint density at radius 3 is 2.64 bits per heavy atom. The maximum Gasteiger partial charge on any atom is 0.263 e. The average Bonchev–Trinajstić information content (AvgIpc) is 3.07. The lowest BCUT2D eigenvalue weighted by atomic mass is 10.0. The second-order valence-corrected chi connectivity index (χ2v) is 9.34. The van der Waals surface area contributed by atoms with Gasteiger partial charge in [0.1, 0.15) is 11.4 Å². The van der Waals surface area contributed by atoms with Crippen molar-refractivity contribution in [1.29, 1.82) is 0 Å². The van der Waals surface area contributed by atoms with E-state index in [1.165, 1.54) is 22.2 Å². The van der Waals surface area contributed by atoms with Crippen molar-refractivity contribution in [3.05, 3.63) is 76.2 Å². The van der Waals surface area contributed by atoms with Gasteiger partial charge in [-0.05, 0) is 31.5 Å². The Hall–Kier alpha value is -3.78. The minimum absolute atomic E-state index is 0.147. The van der Waals surface area contributed by atoms with E-state index >= 15 is 0 Å². The van der Waals surface area contributed by atoms with Crippen LogP contribution in [0.1, 0.15) is 18.2 Å². The van der Waals surface area contributed by atoms with E-state index in [9.17, 15) is 14.4 Å². The number of amides is 2. The number of aryl methyl sites for hydroxylation is 1. The highest BCUT2D eigenvalue weighted by molar-refractivity contribution is 7.19. The van der Waals surface area contributed by atoms with Gasteiger partial charge in [-0.3, -0.25) is 19.0 Å². The molecule has 7 nitrogen and oxygen atoms in total. The third-order valence-electron chi connectivity index (χ3n) is 5.85. The molecule has 0 spiro atoms. The van der Waals surface area contributed by atoms with Gasteiger partial charge < -0.3 is 10.2 Å². The van der Waals surface area contributed by atoms with Gasteiger partial charge in [0.05, 0.1) is 23.1 Å². The number of hydrogen-bond acceptors (Lipinski definition) is 5. The number of hydrogen-bond donors (Lipinski definition) is 1. The first-order valence-electron chi connectivity index (χ1n) is 10.7. The molecule has 0 fully saturated rings. The van der Waals surface area contributed by atoms with E-state index in [-0.39, 0.29) is 36.4 Å². The van der Waals surface area contributed by atoms with Gasteiger partial charge in [0.2, 0.25) is 11.8 Å². The summed E-state index contributed by atoms with van der Waals surface area (Å²) in [5, 5.41) is 3.38. The number of carbonyl (C=O) groups excluding carboxylic acids is 2. The number of thiophene rings is 1. The van der Waals surface area contributed by atoms with E-state index in [0.717, 1.165) is 16.0 Å². The summed E-state index contributed by atoms with van der Waals surface area (Å²) in [4.78, 5) is 46.9. The number of aromatic nitrogens is 2. The number of anilines is 2. The molecule has 5 rings (SSSR count). The largest absolute Gasteiger partial charge is 0.324 e. The van der Waals surface area contributed by atoms with Crippen LogP contribution in [0.2, 0.25) is 0 Å². The lowest BCUT2D eigenvalue weighted by Gasteiger charge is -2.28. The van der Waals surface area contributed by atoms with Gasteiger partial charge >= 0.3 is 0 Å². The first kappa shape index (κ1) is 21.1. The summed E-state index contributed by atoms with van der Waals surface area (Å²) >= 11 is 1.47. The van der Waals surface area contributed by atoms with E-state index in [1.54, 1.807) is 17.0 Å². The molecule has 1 aliphatic heterocycles. The van der Waals surface area contributed by atoms with Gasteiger partial charge in [0, 0.05) is 22.9 Å². The molecule has 8 heteroatoms. The van der Waals surface area contributed by atoms with Crippen LogP contribution in [-0.4, -0.2) is 27.4 Å². The molecule has 2 amide bonds. The van der Waals surface area contributed by atoms with E-state index in [0.29, 0.717) is 21.6 Å². The lowest BCUT2D eigenvalue weighted by molar-refractivity contribution is -0.120. The van der Waals surface area contributed by atoms with Crippen LogP contribution >= 0.6 is 11.3 Å². The van der Waals surface area contributed by atoms with Crippen molar-refractivity contribution in [2.24, 2.45) is 0 Å². The number of benzene rings is 2. The van der Waals surface area contributed by atoms with E-state index in [2.05, 4.69) is 10.3 Å². The van der Waals surface area contributed by atoms with E-state index in [1.807, 2.05) is 56.3 Å². The van der Waals surface area contributed by atoms with Gasteiger partial charge in [0.25, 0.3) is 5.56 Å². The molecule has 2 aromatic heterocycles. The number of para-hydroxylation sites is 2. The van der Waals surface area contributed by atoms with Crippen molar-refractivity contribution in [2.75, 3.05) is 10.2 Å². The van der Waals surface area contributed by atoms with E-state index in [4.69, 9.17) is 0 Å². The fourth-order valence-electron chi connectivity index (χ4n) is 4.39. The zero-order chi connectivity index (χ0) is 23.1. The van der Waals surface area contributed by atoms with Crippen LogP contribution in [0.5, 0.6) is 0 Å². The molecule has 4 aromatic rings. The Balaban J connectivity index is 1.56. The highest BCUT2D eigenvalue weighted by atomic mass is 32.1. The molecular weight excluding hydrogens is 436 g/mol. The summed E-state index contributed by atoms with van der Waals surface area (Å²) in [7, 11) is 0. The monoisotopic (exact) mass is 458 g/mol. The number of carbonyl (C=O) groups is 2. The number of fused-ring (bicyclic) bond motifs is 2. The highest BCUT2D eigenvalue weighted by Gasteiger charge is 2.30. The first-order valence-corrected chi connectivity index (χ1v) is 11.5. The van der Waals surface area contributed by atoms with Crippen molar-refractivity contribution in [1.82, 2.24) is 9.55 Å². The normalized spacial score (nSPS) is 15.8. The molecule has 166 valence electrons. The van der Waals surface area contributed by atoms with Crippen molar-refractivity contribution >= 4 is 44.7 Å². The molecule has 3 heterocycles. The van der Waals surface area contributed by atoms with Crippen LogP contribution in [0.15, 0.2) is 65.7 Å². The molecule has 0 radical (unpaired) electrons. The predicted octanol–water partition coefficient (Wildman–Crippen LogP) is 4.20. The van der Waals surface area contributed by atoms with Crippen molar-refractivity contribution < 1.29 is 9.59 Å². The van der Waals surface area contributed by atoms with Crippen LogP contribution in [0, 0.1) is 6.92 Å². The highest BCUT2D eigenvalue weighted by Crippen LogP contribution is 2.35. The second kappa shape index (κ2) is 8.29. The number of rotatable bonds is 3. The fourth-order valence-corrected chi connectivity index (χ4v) is 5.40. The Bertz CT molecular complexity index is 1440. The molecule has 1 atom stereocenters. The molecule has 0 bridgehead atoms. The SMILES string of the molecule is Cc1sc2ncn(CC(=O)N3c4ccccc4NC(=O)C[C@@H]3C)c(=O)c2c1-c1ccccc1. The Labute approximate surface area is 194 Å². The standard InChI is InChI=1S/C25H22N4O3S/c1-15-12-20(30)27-18-10-6-7-11-19(18)29(15)21(31)13-28-14-26-24-23(25(28)32)22(16(2)33-24)17-8-4-3-5-9-17/h3-11,14-15H,12-13H2,1-2H3,(H,27,30)/t15-/m0/s1. The third-order valence-corrected chi connectivity index (χ3v) is 6.86. The molecule has 0 aliphatic carbocycles. The fraction of sp³-hybridized carbons (Fsp3) is 0.200. The first-order chi connectivity index (χ1) is 15.9. The smallest absolute Gasteiger partial charge is 0.263 e. The van der Waals surface area contributed by atoms with Crippen LogP contribution in [0.25, 0.3) is 21.3 Å². The van der Waals surface area contributed by atoms with E-state index < -0.39 is 0 Å². The van der Waals surface area contributed by atoms with Gasteiger partial charge in [0.15, 0.2) is 0 Å². The zero-order valence-electron chi connectivity index (χ0n) is 18.2. The molecule has 1 N–H and O–H groups in total. The van der Waals surface area contributed by atoms with Gasteiger partial charge in [-0.25, -0.2) is 4.98 Å². The van der Waals surface area contributed by atoms with Crippen LogP contribution in [-0.2, 0) is 16.1 Å². The molecule has 33 heavy (non-hydrogen) atoms. The van der Waals surface area contributed by atoms with Gasteiger partial charge in [-0.15, -0.1) is 11.3 Å². The molecule has 0 saturated heterocycles. The second-order valence-electron chi connectivity index (χ2n) is 8.14. The van der Waals surface area contributed by atoms with Crippen LogP contribution in [0.3, 0.4) is 0 Å². The molecule has 1 aliphatic rings. The van der Waals surface area contributed by atoms with Crippen molar-refractivity contribution in [3.8, 4) is 11.1 Å². The maximum atomic E-state index is 13.5. The molecule has 2 aromatic carbocycles. The number of nitrogens with zero attached hydrogens (tertiary/aromatic N) is 3. The van der Waals surface area contributed by atoms with Crippen LogP contribution < -0.4 is 15.8 Å². The summed E-state index contributed by atoms with van der Waals surface area (Å²) in [6.45, 7) is 3.64. The quantitative estimate of drug-likeness (QED) is 0.499. The van der Waals surface area contributed by atoms with Gasteiger partial charge in [-0.2, -0.15) is 0 Å². The summed E-state index contributed by atoms with van der Waals surface area (Å²) in [5.74, 6) is -0.422. The maximum absolute atomic E-state index is 13.5. The van der Waals surface area contributed by atoms with Crippen molar-refractivity contribution in [2.45, 2.75) is 32.9 Å². The molecular formula is C25H22N4O3S. The third kappa shape index (κ3) is 3.72. The Morgan fingerprint density at radius 1 is 1.12 bits per heavy atom. The van der Waals surface area contributed by atoms with Crippen molar-refractivity contribution in [3.63, 3.8) is 0 Å². The predicted molar refractivity (Wildman–Crippen MR) is 131 cm³/mol. The summed E-state index contributed by atoms with van der Waals surface area (Å²) in [5.41, 5.74) is 2.77. The zero-order valence-corrected chi connectivity index (χ0v) is 19.1. The topological polar surface area (TPSA) is 84.3 Å².